The highest BCUT2D eigenvalue weighted by atomic mass is 19.4. The molecule has 0 saturated carbocycles. The number of morpholine rings is 1. The second-order valence-corrected chi connectivity index (χ2v) is 9.36. The minimum absolute atomic E-state index is 0.00201. The Morgan fingerprint density at radius 2 is 1.95 bits per heavy atom. The van der Waals surface area contributed by atoms with Crippen LogP contribution in [-0.4, -0.2) is 48.2 Å². The third-order valence-corrected chi connectivity index (χ3v) is 6.59. The second kappa shape index (κ2) is 12.3. The number of ketones is 1. The maximum atomic E-state index is 13.1. The first-order valence-electron chi connectivity index (χ1n) is 12.8. The minimum atomic E-state index is -4.52. The average molecular weight is 538 g/mol. The van der Waals surface area contributed by atoms with Gasteiger partial charge in [-0.1, -0.05) is 19.1 Å². The van der Waals surface area contributed by atoms with Crippen molar-refractivity contribution in [3.8, 4) is 29.4 Å². The summed E-state index contributed by atoms with van der Waals surface area (Å²) in [5, 5.41) is 0. The summed E-state index contributed by atoms with van der Waals surface area (Å²) in [4.78, 5) is 24.1. The fraction of sp³-hybridized carbons (Fsp3) is 0.367. The van der Waals surface area contributed by atoms with Crippen molar-refractivity contribution in [2.75, 3.05) is 31.2 Å². The van der Waals surface area contributed by atoms with Crippen LogP contribution in [-0.2, 0) is 17.3 Å². The van der Waals surface area contributed by atoms with Crippen LogP contribution in [0.1, 0.15) is 46.9 Å². The van der Waals surface area contributed by atoms with E-state index in [0.29, 0.717) is 44.2 Å². The van der Waals surface area contributed by atoms with Gasteiger partial charge in [0, 0.05) is 60.7 Å². The SMILES string of the molecule is C#CCC(CC)Oc1ncc(-c2cc(CC(=O)c3cccc(C(F)(F)F)c3)cnc2C)cc1N1CCOCC1. The topological polar surface area (TPSA) is 64.5 Å². The Bertz CT molecular complexity index is 1360. The monoisotopic (exact) mass is 537 g/mol. The zero-order valence-electron chi connectivity index (χ0n) is 21.9. The molecule has 3 heterocycles. The summed E-state index contributed by atoms with van der Waals surface area (Å²) in [5.41, 5.74) is 2.84. The van der Waals surface area contributed by atoms with E-state index in [4.69, 9.17) is 15.9 Å². The van der Waals surface area contributed by atoms with Gasteiger partial charge in [-0.2, -0.15) is 13.2 Å². The van der Waals surface area contributed by atoms with Gasteiger partial charge >= 0.3 is 6.18 Å². The fourth-order valence-corrected chi connectivity index (χ4v) is 4.39. The molecule has 1 aromatic carbocycles. The predicted octanol–water partition coefficient (Wildman–Crippen LogP) is 5.91. The molecule has 204 valence electrons. The molecule has 39 heavy (non-hydrogen) atoms. The van der Waals surface area contributed by atoms with E-state index in [1.54, 1.807) is 12.4 Å². The van der Waals surface area contributed by atoms with Gasteiger partial charge in [0.25, 0.3) is 0 Å². The maximum absolute atomic E-state index is 13.1. The van der Waals surface area contributed by atoms with Gasteiger partial charge in [-0.15, -0.1) is 12.3 Å². The Hall–Kier alpha value is -3.90. The van der Waals surface area contributed by atoms with Gasteiger partial charge in [0.2, 0.25) is 5.88 Å². The van der Waals surface area contributed by atoms with Crippen LogP contribution in [0.4, 0.5) is 18.9 Å². The molecule has 0 spiro atoms. The summed E-state index contributed by atoms with van der Waals surface area (Å²) in [5.74, 6) is 2.72. The molecule has 1 aliphatic rings. The van der Waals surface area contributed by atoms with E-state index in [-0.39, 0.29) is 18.1 Å². The summed E-state index contributed by atoms with van der Waals surface area (Å²) in [6.07, 6.45) is 5.21. The Labute approximate surface area is 226 Å². The number of aromatic nitrogens is 2. The van der Waals surface area contributed by atoms with Crippen molar-refractivity contribution in [2.45, 2.75) is 45.4 Å². The maximum Gasteiger partial charge on any atom is 0.416 e. The fourth-order valence-electron chi connectivity index (χ4n) is 4.39. The van der Waals surface area contributed by atoms with Crippen LogP contribution in [0.25, 0.3) is 11.1 Å². The molecule has 0 amide bonds. The first-order valence-corrected chi connectivity index (χ1v) is 12.8. The van der Waals surface area contributed by atoms with E-state index in [1.165, 1.54) is 12.1 Å². The van der Waals surface area contributed by atoms with Crippen LogP contribution in [0.5, 0.6) is 5.88 Å². The number of alkyl halides is 3. The number of hydrogen-bond donors (Lipinski definition) is 0. The number of carbonyl (C=O) groups excluding carboxylic acids is 1. The molecule has 0 aliphatic carbocycles. The smallest absolute Gasteiger partial charge is 0.416 e. The first-order chi connectivity index (χ1) is 18.7. The van der Waals surface area contributed by atoms with Crippen molar-refractivity contribution >= 4 is 11.5 Å². The number of ether oxygens (including phenoxy) is 2. The number of nitrogens with zero attached hydrogens (tertiary/aromatic N) is 3. The highest BCUT2D eigenvalue weighted by molar-refractivity contribution is 5.97. The van der Waals surface area contributed by atoms with Gasteiger partial charge in [-0.25, -0.2) is 4.98 Å². The largest absolute Gasteiger partial charge is 0.472 e. The lowest BCUT2D eigenvalue weighted by atomic mass is 9.98. The van der Waals surface area contributed by atoms with E-state index in [9.17, 15) is 18.0 Å². The van der Waals surface area contributed by atoms with Crippen LogP contribution in [0.15, 0.2) is 48.8 Å². The molecule has 2 aromatic heterocycles. The van der Waals surface area contributed by atoms with Crippen LogP contribution in [0, 0.1) is 19.3 Å². The number of halogens is 3. The van der Waals surface area contributed by atoms with Crippen molar-refractivity contribution in [1.82, 2.24) is 9.97 Å². The molecule has 3 aromatic rings. The molecule has 4 rings (SSSR count). The van der Waals surface area contributed by atoms with Gasteiger partial charge in [-0.05, 0) is 43.2 Å². The van der Waals surface area contributed by atoms with Crippen molar-refractivity contribution < 1.29 is 27.4 Å². The normalized spacial score (nSPS) is 14.5. The molecule has 9 heteroatoms. The van der Waals surface area contributed by atoms with Gasteiger partial charge in [0.05, 0.1) is 18.8 Å². The molecule has 0 radical (unpaired) electrons. The Balaban J connectivity index is 1.64. The number of aryl methyl sites for hydroxylation is 1. The lowest BCUT2D eigenvalue weighted by molar-refractivity contribution is -0.137. The molecule has 1 saturated heterocycles. The van der Waals surface area contributed by atoms with Gasteiger partial charge < -0.3 is 14.4 Å². The summed E-state index contributed by atoms with van der Waals surface area (Å²) in [6.45, 7) is 6.38. The predicted molar refractivity (Wildman–Crippen MR) is 143 cm³/mol. The quantitative estimate of drug-likeness (QED) is 0.250. The van der Waals surface area contributed by atoms with E-state index >= 15 is 0 Å². The van der Waals surface area contributed by atoms with Crippen molar-refractivity contribution in [1.29, 1.82) is 0 Å². The molecule has 0 N–H and O–H groups in total. The van der Waals surface area contributed by atoms with Crippen molar-refractivity contribution in [3.63, 3.8) is 0 Å². The molecular formula is C30H30F3N3O3. The van der Waals surface area contributed by atoms with Crippen LogP contribution in [0.2, 0.25) is 0 Å². The van der Waals surface area contributed by atoms with Crippen LogP contribution in [0.3, 0.4) is 0 Å². The number of pyridine rings is 2. The van der Waals surface area contributed by atoms with Crippen molar-refractivity contribution in [3.05, 3.63) is 71.2 Å². The second-order valence-electron chi connectivity index (χ2n) is 9.36. The Kier molecular flexibility index (Phi) is 8.87. The van der Waals surface area contributed by atoms with Crippen molar-refractivity contribution in [2.24, 2.45) is 0 Å². The van der Waals surface area contributed by atoms with Gasteiger partial charge in [0.15, 0.2) is 5.78 Å². The Morgan fingerprint density at radius 3 is 2.64 bits per heavy atom. The average Bonchev–Trinajstić information content (AvgIpc) is 2.94. The molecule has 1 atom stereocenters. The molecule has 1 unspecified atom stereocenters. The number of terminal acetylenes is 1. The standard InChI is InChI=1S/C30H30F3N3O3/c1-4-7-25(5-2)39-29-27(36-10-12-38-13-11-36)17-23(19-35-29)26-14-21(18-34-20(26)3)15-28(37)22-8-6-9-24(16-22)30(31,32)33/h1,6,8-9,14,16-19,25H,5,7,10-13,15H2,2-3H3. The zero-order valence-corrected chi connectivity index (χ0v) is 21.9. The summed E-state index contributed by atoms with van der Waals surface area (Å²) >= 11 is 0. The highest BCUT2D eigenvalue weighted by Gasteiger charge is 2.31. The lowest BCUT2D eigenvalue weighted by Gasteiger charge is -2.31. The molecular weight excluding hydrogens is 507 g/mol. The van der Waals surface area contributed by atoms with E-state index in [0.717, 1.165) is 41.1 Å². The van der Waals surface area contributed by atoms with E-state index in [2.05, 4.69) is 20.8 Å². The number of hydrogen-bond acceptors (Lipinski definition) is 6. The first kappa shape index (κ1) is 28.1. The summed E-state index contributed by atoms with van der Waals surface area (Å²) in [7, 11) is 0. The van der Waals surface area contributed by atoms with Gasteiger partial charge in [0.1, 0.15) is 11.8 Å². The number of rotatable bonds is 9. The molecule has 1 aliphatic heterocycles. The lowest BCUT2D eigenvalue weighted by Crippen LogP contribution is -2.36. The zero-order chi connectivity index (χ0) is 28.0. The highest BCUT2D eigenvalue weighted by Crippen LogP contribution is 2.34. The minimum Gasteiger partial charge on any atom is -0.472 e. The summed E-state index contributed by atoms with van der Waals surface area (Å²) < 4.78 is 51.0. The molecule has 1 fully saturated rings. The van der Waals surface area contributed by atoms with Crippen LogP contribution < -0.4 is 9.64 Å². The van der Waals surface area contributed by atoms with E-state index < -0.39 is 17.5 Å². The number of Topliss-reactive ketones (excluding diaryl/α,β-unsaturated/α-hetero) is 1. The number of anilines is 1. The Morgan fingerprint density at radius 1 is 1.18 bits per heavy atom. The van der Waals surface area contributed by atoms with Gasteiger partial charge in [-0.3, -0.25) is 9.78 Å². The third kappa shape index (κ3) is 6.95. The number of benzene rings is 1. The van der Waals surface area contributed by atoms with E-state index in [1.807, 2.05) is 26.0 Å². The third-order valence-electron chi connectivity index (χ3n) is 6.59. The summed E-state index contributed by atoms with van der Waals surface area (Å²) in [6, 6.07) is 8.28. The van der Waals surface area contributed by atoms with Crippen LogP contribution >= 0.6 is 0 Å². The molecule has 6 nitrogen and oxygen atoms in total. The number of carbonyl (C=O) groups is 1. The molecule has 0 bridgehead atoms.